The number of amides is 1. The van der Waals surface area contributed by atoms with Crippen molar-refractivity contribution in [3.63, 3.8) is 0 Å². The quantitative estimate of drug-likeness (QED) is 0.645. The monoisotopic (exact) mass is 214 g/mol. The molecule has 1 amide bonds. The summed E-state index contributed by atoms with van der Waals surface area (Å²) in [7, 11) is 3.97. The van der Waals surface area contributed by atoms with Crippen LogP contribution >= 0.6 is 0 Å². The summed E-state index contributed by atoms with van der Waals surface area (Å²) in [5.41, 5.74) is 0. The average Bonchev–Trinajstić information content (AvgIpc) is 2.24. The van der Waals surface area contributed by atoms with Crippen molar-refractivity contribution in [3.8, 4) is 0 Å². The summed E-state index contributed by atoms with van der Waals surface area (Å²) in [6.45, 7) is 9.05. The summed E-state index contributed by atoms with van der Waals surface area (Å²) in [5, 5.41) is 0. The summed E-state index contributed by atoms with van der Waals surface area (Å²) in [4.78, 5) is 16.1. The van der Waals surface area contributed by atoms with E-state index in [4.69, 9.17) is 0 Å². The van der Waals surface area contributed by atoms with Gasteiger partial charge in [-0.2, -0.15) is 0 Å². The Balaban J connectivity index is 4.20. The average molecular weight is 214 g/mol. The van der Waals surface area contributed by atoms with Gasteiger partial charge in [0.15, 0.2) is 0 Å². The third-order valence-corrected chi connectivity index (χ3v) is 2.85. The van der Waals surface area contributed by atoms with Crippen LogP contribution in [0.2, 0.25) is 0 Å². The van der Waals surface area contributed by atoms with Gasteiger partial charge in [-0.25, -0.2) is 0 Å². The predicted molar refractivity (Wildman–Crippen MR) is 64.9 cm³/mol. The third-order valence-electron chi connectivity index (χ3n) is 2.85. The van der Waals surface area contributed by atoms with Crippen LogP contribution < -0.4 is 0 Å². The standard InChI is InChI=1S/C12H26N2O/c1-6-9-14(5)12(15)11(7-2)10-13(4)8-3/h11H,6-10H2,1-5H3. The Morgan fingerprint density at radius 1 is 1.20 bits per heavy atom. The maximum absolute atomic E-state index is 12.0. The van der Waals surface area contributed by atoms with Gasteiger partial charge in [0.05, 0.1) is 5.92 Å². The van der Waals surface area contributed by atoms with Gasteiger partial charge < -0.3 is 9.80 Å². The number of rotatable bonds is 7. The first-order valence-corrected chi connectivity index (χ1v) is 6.00. The van der Waals surface area contributed by atoms with E-state index in [1.807, 2.05) is 11.9 Å². The van der Waals surface area contributed by atoms with Gasteiger partial charge in [0, 0.05) is 20.1 Å². The topological polar surface area (TPSA) is 23.6 Å². The van der Waals surface area contributed by atoms with Crippen LogP contribution in [0, 0.1) is 5.92 Å². The summed E-state index contributed by atoms with van der Waals surface area (Å²) >= 11 is 0. The van der Waals surface area contributed by atoms with E-state index in [2.05, 4.69) is 32.7 Å². The zero-order valence-corrected chi connectivity index (χ0v) is 10.9. The molecule has 1 unspecified atom stereocenters. The maximum atomic E-state index is 12.0. The number of hydrogen-bond donors (Lipinski definition) is 0. The molecule has 1 atom stereocenters. The molecule has 0 aromatic heterocycles. The lowest BCUT2D eigenvalue weighted by Gasteiger charge is -2.25. The fourth-order valence-electron chi connectivity index (χ4n) is 1.64. The van der Waals surface area contributed by atoms with Crippen molar-refractivity contribution in [2.75, 3.05) is 33.7 Å². The SMILES string of the molecule is CCCN(C)C(=O)C(CC)CN(C)CC. The van der Waals surface area contributed by atoms with E-state index < -0.39 is 0 Å². The highest BCUT2D eigenvalue weighted by molar-refractivity contribution is 5.78. The summed E-state index contributed by atoms with van der Waals surface area (Å²) in [6, 6.07) is 0. The molecular formula is C12H26N2O. The van der Waals surface area contributed by atoms with Crippen LogP contribution in [0.1, 0.15) is 33.6 Å². The molecule has 0 N–H and O–H groups in total. The Kier molecular flexibility index (Phi) is 7.39. The van der Waals surface area contributed by atoms with Gasteiger partial charge in [-0.1, -0.05) is 20.8 Å². The lowest BCUT2D eigenvalue weighted by atomic mass is 10.0. The van der Waals surface area contributed by atoms with Crippen LogP contribution in [-0.2, 0) is 4.79 Å². The van der Waals surface area contributed by atoms with Crippen LogP contribution in [-0.4, -0.2) is 49.4 Å². The largest absolute Gasteiger partial charge is 0.345 e. The minimum Gasteiger partial charge on any atom is -0.345 e. The predicted octanol–water partition coefficient (Wildman–Crippen LogP) is 1.83. The number of hydrogen-bond acceptors (Lipinski definition) is 2. The Morgan fingerprint density at radius 2 is 1.80 bits per heavy atom. The molecule has 3 nitrogen and oxygen atoms in total. The second-order valence-corrected chi connectivity index (χ2v) is 4.22. The third kappa shape index (κ3) is 5.17. The van der Waals surface area contributed by atoms with Gasteiger partial charge in [-0.15, -0.1) is 0 Å². The van der Waals surface area contributed by atoms with Crippen molar-refractivity contribution in [2.24, 2.45) is 5.92 Å². The molecule has 0 aliphatic heterocycles. The van der Waals surface area contributed by atoms with Crippen molar-refractivity contribution >= 4 is 5.91 Å². The molecule has 90 valence electrons. The Bertz CT molecular complexity index is 182. The van der Waals surface area contributed by atoms with Gasteiger partial charge in [0.2, 0.25) is 5.91 Å². The van der Waals surface area contributed by atoms with Crippen molar-refractivity contribution in [1.82, 2.24) is 9.80 Å². The molecule has 0 rings (SSSR count). The van der Waals surface area contributed by atoms with Gasteiger partial charge in [-0.3, -0.25) is 4.79 Å². The minimum atomic E-state index is 0.159. The second-order valence-electron chi connectivity index (χ2n) is 4.22. The Morgan fingerprint density at radius 3 is 2.20 bits per heavy atom. The minimum absolute atomic E-state index is 0.159. The summed E-state index contributed by atoms with van der Waals surface area (Å²) < 4.78 is 0. The molecule has 0 bridgehead atoms. The van der Waals surface area contributed by atoms with Crippen LogP contribution in [0.15, 0.2) is 0 Å². The molecule has 0 aliphatic carbocycles. The van der Waals surface area contributed by atoms with Crippen molar-refractivity contribution in [1.29, 1.82) is 0 Å². The first-order valence-electron chi connectivity index (χ1n) is 6.00. The van der Waals surface area contributed by atoms with Gasteiger partial charge in [0.25, 0.3) is 0 Å². The second kappa shape index (κ2) is 7.69. The highest BCUT2D eigenvalue weighted by Gasteiger charge is 2.20. The van der Waals surface area contributed by atoms with Crippen LogP contribution in [0.4, 0.5) is 0 Å². The molecule has 0 aliphatic rings. The molecule has 0 fully saturated rings. The molecule has 0 heterocycles. The Labute approximate surface area is 94.4 Å². The molecule has 0 radical (unpaired) electrons. The normalized spacial score (nSPS) is 12.9. The van der Waals surface area contributed by atoms with E-state index in [-0.39, 0.29) is 5.92 Å². The van der Waals surface area contributed by atoms with E-state index >= 15 is 0 Å². The molecule has 0 saturated carbocycles. The zero-order chi connectivity index (χ0) is 11.8. The molecule has 0 saturated heterocycles. The number of carbonyl (C=O) groups is 1. The highest BCUT2D eigenvalue weighted by atomic mass is 16.2. The van der Waals surface area contributed by atoms with E-state index in [1.54, 1.807) is 0 Å². The van der Waals surface area contributed by atoms with E-state index in [0.29, 0.717) is 5.91 Å². The van der Waals surface area contributed by atoms with Crippen molar-refractivity contribution in [2.45, 2.75) is 33.6 Å². The highest BCUT2D eigenvalue weighted by Crippen LogP contribution is 2.08. The van der Waals surface area contributed by atoms with E-state index in [1.165, 1.54) is 0 Å². The van der Waals surface area contributed by atoms with Crippen molar-refractivity contribution < 1.29 is 4.79 Å². The molecule has 0 spiro atoms. The summed E-state index contributed by atoms with van der Waals surface area (Å²) in [6.07, 6.45) is 1.96. The van der Waals surface area contributed by atoms with Crippen LogP contribution in [0.25, 0.3) is 0 Å². The molecule has 0 aromatic rings. The molecule has 3 heteroatoms. The molecule has 15 heavy (non-hydrogen) atoms. The van der Waals surface area contributed by atoms with E-state index in [0.717, 1.165) is 32.5 Å². The number of nitrogens with zero attached hydrogens (tertiary/aromatic N) is 2. The maximum Gasteiger partial charge on any atom is 0.226 e. The van der Waals surface area contributed by atoms with Crippen LogP contribution in [0.3, 0.4) is 0 Å². The van der Waals surface area contributed by atoms with E-state index in [9.17, 15) is 4.79 Å². The van der Waals surface area contributed by atoms with Gasteiger partial charge in [0.1, 0.15) is 0 Å². The van der Waals surface area contributed by atoms with Gasteiger partial charge >= 0.3 is 0 Å². The lowest BCUT2D eigenvalue weighted by Crippen LogP contribution is -2.38. The first kappa shape index (κ1) is 14.4. The lowest BCUT2D eigenvalue weighted by molar-refractivity contribution is -0.134. The van der Waals surface area contributed by atoms with Crippen molar-refractivity contribution in [3.05, 3.63) is 0 Å². The number of carbonyl (C=O) groups excluding carboxylic acids is 1. The zero-order valence-electron chi connectivity index (χ0n) is 10.9. The van der Waals surface area contributed by atoms with Gasteiger partial charge in [-0.05, 0) is 26.4 Å². The molecule has 0 aromatic carbocycles. The molecular weight excluding hydrogens is 188 g/mol. The van der Waals surface area contributed by atoms with Crippen LogP contribution in [0.5, 0.6) is 0 Å². The summed E-state index contributed by atoms with van der Waals surface area (Å²) in [5.74, 6) is 0.450. The fraction of sp³-hybridized carbons (Fsp3) is 0.917. The smallest absolute Gasteiger partial charge is 0.226 e. The Hall–Kier alpha value is -0.570. The fourth-order valence-corrected chi connectivity index (χ4v) is 1.64. The first-order chi connectivity index (χ1) is 7.06.